The van der Waals surface area contributed by atoms with Crippen LogP contribution in [0.3, 0.4) is 0 Å². The van der Waals surface area contributed by atoms with Gasteiger partial charge in [0.05, 0.1) is 0 Å². The zero-order valence-electron chi connectivity index (χ0n) is 30.0. The molecule has 0 aliphatic heterocycles. The van der Waals surface area contributed by atoms with E-state index in [1.807, 2.05) is 0 Å². The Balaban J connectivity index is 1.95. The SMILES string of the molecule is CCCCCCCCC=CCCCCCCCC(=O)OC1CCCC1OC(=O)CCCCCCCC=CCCCCCCCC. The lowest BCUT2D eigenvalue weighted by atomic mass is 10.1. The Bertz CT molecular complexity index is 667. The maximum absolute atomic E-state index is 12.4. The van der Waals surface area contributed by atoms with Gasteiger partial charge in [0.1, 0.15) is 12.2 Å². The van der Waals surface area contributed by atoms with E-state index in [0.717, 1.165) is 44.9 Å². The quantitative estimate of drug-likeness (QED) is 0.0421. The Kier molecular flexibility index (Phi) is 29.8. The molecule has 0 amide bonds. The molecule has 1 aliphatic rings. The number of unbranched alkanes of at least 4 members (excludes halogenated alkanes) is 22. The monoisotopic (exact) mass is 631 g/mol. The highest BCUT2D eigenvalue weighted by molar-refractivity contribution is 5.70. The molecule has 1 fully saturated rings. The van der Waals surface area contributed by atoms with Crippen LogP contribution < -0.4 is 0 Å². The third kappa shape index (κ3) is 27.3. The highest BCUT2D eigenvalue weighted by Crippen LogP contribution is 2.26. The zero-order chi connectivity index (χ0) is 32.5. The fourth-order valence-electron chi connectivity index (χ4n) is 6.30. The van der Waals surface area contributed by atoms with Crippen molar-refractivity contribution >= 4 is 11.9 Å². The summed E-state index contributed by atoms with van der Waals surface area (Å²) in [4.78, 5) is 24.8. The second kappa shape index (κ2) is 32.4. The first kappa shape index (κ1) is 41.4. The molecule has 262 valence electrons. The number of allylic oxidation sites excluding steroid dienone is 4. The highest BCUT2D eigenvalue weighted by atomic mass is 16.6. The fraction of sp³-hybridized carbons (Fsp3) is 0.854. The molecule has 4 heteroatoms. The van der Waals surface area contributed by atoms with Gasteiger partial charge in [0.2, 0.25) is 0 Å². The Labute approximate surface area is 280 Å². The van der Waals surface area contributed by atoms with Gasteiger partial charge in [-0.2, -0.15) is 0 Å². The Morgan fingerprint density at radius 1 is 0.444 bits per heavy atom. The Morgan fingerprint density at radius 2 is 0.733 bits per heavy atom. The van der Waals surface area contributed by atoms with Crippen molar-refractivity contribution in [2.45, 2.75) is 225 Å². The normalized spacial score (nSPS) is 16.7. The Morgan fingerprint density at radius 3 is 1.07 bits per heavy atom. The molecule has 0 heterocycles. The van der Waals surface area contributed by atoms with Crippen LogP contribution in [-0.2, 0) is 19.1 Å². The summed E-state index contributed by atoms with van der Waals surface area (Å²) in [5.74, 6) is -0.254. The molecule has 0 aromatic carbocycles. The molecule has 4 nitrogen and oxygen atoms in total. The molecule has 0 aromatic heterocycles. The van der Waals surface area contributed by atoms with Crippen molar-refractivity contribution in [1.29, 1.82) is 0 Å². The van der Waals surface area contributed by atoms with Gasteiger partial charge in [-0.05, 0) is 83.5 Å². The van der Waals surface area contributed by atoms with E-state index in [0.29, 0.717) is 12.8 Å². The standard InChI is InChI=1S/C41H74O4/c1-3-5-7-9-11-13-15-17-19-21-23-25-27-29-31-36-40(42)44-38-34-33-35-39(38)45-41(43)37-32-30-28-26-24-22-20-18-16-14-12-10-8-6-4-2/h17-20,38-39H,3-16,21-37H2,1-2H3. The van der Waals surface area contributed by atoms with Crippen molar-refractivity contribution in [3.63, 3.8) is 0 Å². The number of rotatable bonds is 32. The van der Waals surface area contributed by atoms with Crippen molar-refractivity contribution in [2.75, 3.05) is 0 Å². The van der Waals surface area contributed by atoms with E-state index in [-0.39, 0.29) is 24.1 Å². The minimum Gasteiger partial charge on any atom is -0.458 e. The van der Waals surface area contributed by atoms with Gasteiger partial charge < -0.3 is 9.47 Å². The van der Waals surface area contributed by atoms with Crippen LogP contribution in [0, 0.1) is 0 Å². The maximum Gasteiger partial charge on any atom is 0.306 e. The minimum absolute atomic E-state index is 0.127. The van der Waals surface area contributed by atoms with Gasteiger partial charge in [-0.25, -0.2) is 0 Å². The predicted octanol–water partition coefficient (Wildman–Crippen LogP) is 13.1. The average Bonchev–Trinajstić information content (AvgIpc) is 3.46. The van der Waals surface area contributed by atoms with Crippen LogP contribution in [0.1, 0.15) is 213 Å². The third-order valence-corrected chi connectivity index (χ3v) is 9.24. The van der Waals surface area contributed by atoms with Gasteiger partial charge >= 0.3 is 11.9 Å². The summed E-state index contributed by atoms with van der Waals surface area (Å²) >= 11 is 0. The summed E-state index contributed by atoms with van der Waals surface area (Å²) < 4.78 is 11.5. The van der Waals surface area contributed by atoms with Gasteiger partial charge in [0.15, 0.2) is 0 Å². The van der Waals surface area contributed by atoms with Crippen molar-refractivity contribution in [2.24, 2.45) is 0 Å². The molecular weight excluding hydrogens is 556 g/mol. The number of esters is 2. The van der Waals surface area contributed by atoms with Crippen LogP contribution in [0.2, 0.25) is 0 Å². The first-order valence-electron chi connectivity index (χ1n) is 19.9. The van der Waals surface area contributed by atoms with Gasteiger partial charge in [-0.1, -0.05) is 141 Å². The lowest BCUT2D eigenvalue weighted by Crippen LogP contribution is -2.30. The summed E-state index contributed by atoms with van der Waals surface area (Å²) in [6, 6.07) is 0. The molecule has 0 spiro atoms. The molecular formula is C41H74O4. The van der Waals surface area contributed by atoms with Gasteiger partial charge in [0.25, 0.3) is 0 Å². The van der Waals surface area contributed by atoms with Gasteiger partial charge in [-0.15, -0.1) is 0 Å². The molecule has 1 saturated carbocycles. The largest absolute Gasteiger partial charge is 0.458 e. The van der Waals surface area contributed by atoms with Crippen LogP contribution in [0.25, 0.3) is 0 Å². The number of ether oxygens (including phenoxy) is 2. The van der Waals surface area contributed by atoms with E-state index in [9.17, 15) is 9.59 Å². The van der Waals surface area contributed by atoms with Crippen LogP contribution in [0.5, 0.6) is 0 Å². The molecule has 1 rings (SSSR count). The summed E-state index contributed by atoms with van der Waals surface area (Å²) in [7, 11) is 0. The van der Waals surface area contributed by atoms with E-state index in [1.165, 1.54) is 141 Å². The molecule has 2 unspecified atom stereocenters. The fourth-order valence-corrected chi connectivity index (χ4v) is 6.30. The molecule has 0 N–H and O–H groups in total. The molecule has 0 radical (unpaired) electrons. The van der Waals surface area contributed by atoms with Crippen molar-refractivity contribution in [1.82, 2.24) is 0 Å². The smallest absolute Gasteiger partial charge is 0.306 e. The number of carbonyl (C=O) groups excluding carboxylic acids is 2. The topological polar surface area (TPSA) is 52.6 Å². The number of carbonyl (C=O) groups is 2. The second-order valence-corrected chi connectivity index (χ2v) is 13.7. The molecule has 0 aromatic rings. The number of hydrogen-bond donors (Lipinski definition) is 0. The van der Waals surface area contributed by atoms with Crippen LogP contribution in [0.15, 0.2) is 24.3 Å². The minimum atomic E-state index is -0.251. The van der Waals surface area contributed by atoms with Crippen LogP contribution >= 0.6 is 0 Å². The van der Waals surface area contributed by atoms with E-state index in [1.54, 1.807) is 0 Å². The zero-order valence-corrected chi connectivity index (χ0v) is 30.0. The first-order valence-corrected chi connectivity index (χ1v) is 19.9. The predicted molar refractivity (Wildman–Crippen MR) is 193 cm³/mol. The van der Waals surface area contributed by atoms with Crippen molar-refractivity contribution in [3.8, 4) is 0 Å². The maximum atomic E-state index is 12.4. The van der Waals surface area contributed by atoms with E-state index < -0.39 is 0 Å². The Hall–Kier alpha value is -1.58. The van der Waals surface area contributed by atoms with Gasteiger partial charge in [-0.3, -0.25) is 9.59 Å². The van der Waals surface area contributed by atoms with Gasteiger partial charge in [0, 0.05) is 12.8 Å². The third-order valence-electron chi connectivity index (χ3n) is 9.24. The summed E-state index contributed by atoms with van der Waals surface area (Å²) in [6.07, 6.45) is 44.9. The summed E-state index contributed by atoms with van der Waals surface area (Å²) in [6.45, 7) is 4.54. The van der Waals surface area contributed by atoms with Crippen LogP contribution in [0.4, 0.5) is 0 Å². The van der Waals surface area contributed by atoms with Crippen molar-refractivity contribution < 1.29 is 19.1 Å². The molecule has 0 bridgehead atoms. The molecule has 45 heavy (non-hydrogen) atoms. The number of hydrogen-bond acceptors (Lipinski definition) is 4. The molecule has 2 atom stereocenters. The van der Waals surface area contributed by atoms with E-state index in [2.05, 4.69) is 38.2 Å². The molecule has 1 aliphatic carbocycles. The van der Waals surface area contributed by atoms with Crippen LogP contribution in [-0.4, -0.2) is 24.1 Å². The highest BCUT2D eigenvalue weighted by Gasteiger charge is 2.33. The van der Waals surface area contributed by atoms with E-state index >= 15 is 0 Å². The van der Waals surface area contributed by atoms with E-state index in [4.69, 9.17) is 9.47 Å². The lowest BCUT2D eigenvalue weighted by Gasteiger charge is -2.20. The van der Waals surface area contributed by atoms with Crippen molar-refractivity contribution in [3.05, 3.63) is 24.3 Å². The second-order valence-electron chi connectivity index (χ2n) is 13.7. The summed E-state index contributed by atoms with van der Waals surface area (Å²) in [5, 5.41) is 0. The summed E-state index contributed by atoms with van der Waals surface area (Å²) in [5.41, 5.74) is 0. The first-order chi connectivity index (χ1) is 22.2. The molecule has 0 saturated heterocycles. The lowest BCUT2D eigenvalue weighted by molar-refractivity contribution is -0.165. The average molecular weight is 631 g/mol.